The van der Waals surface area contributed by atoms with Crippen LogP contribution in [-0.4, -0.2) is 0 Å². The van der Waals surface area contributed by atoms with Crippen LogP contribution >= 0.6 is 15.9 Å². The highest BCUT2D eigenvalue weighted by molar-refractivity contribution is 9.10. The van der Waals surface area contributed by atoms with Crippen molar-refractivity contribution >= 4 is 32.4 Å². The van der Waals surface area contributed by atoms with Crippen molar-refractivity contribution in [1.82, 2.24) is 0 Å². The maximum absolute atomic E-state index is 5.30. The minimum Gasteiger partial charge on any atom is -0.381 e. The molecule has 0 atom stereocenters. The Kier molecular flexibility index (Phi) is 1.32. The van der Waals surface area contributed by atoms with E-state index in [-0.39, 0.29) is 0 Å². The Morgan fingerprint density at radius 1 is 1.15 bits per heavy atom. The van der Waals surface area contributed by atoms with Gasteiger partial charge < -0.3 is 4.84 Å². The molecule has 0 bridgehead atoms. The van der Waals surface area contributed by atoms with Crippen molar-refractivity contribution in [2.24, 2.45) is 0 Å². The van der Waals surface area contributed by atoms with Gasteiger partial charge in [0.15, 0.2) is 5.75 Å². The molecule has 0 saturated carbocycles. The average molecular weight is 236 g/mol. The second-order valence-corrected chi connectivity index (χ2v) is 3.83. The molecule has 13 heavy (non-hydrogen) atoms. The van der Waals surface area contributed by atoms with E-state index in [9.17, 15) is 0 Å². The van der Waals surface area contributed by atoms with Crippen molar-refractivity contribution in [3.63, 3.8) is 0 Å². The highest BCUT2D eigenvalue weighted by Crippen LogP contribution is 2.40. The Morgan fingerprint density at radius 2 is 2.08 bits per heavy atom. The molecule has 1 aliphatic rings. The Hall–Kier alpha value is -1.22. The molecule has 2 aromatic rings. The van der Waals surface area contributed by atoms with Gasteiger partial charge in [0.2, 0.25) is 0 Å². The van der Waals surface area contributed by atoms with Gasteiger partial charge in [-0.3, -0.25) is 0 Å². The summed E-state index contributed by atoms with van der Waals surface area (Å²) in [4.78, 5) is 5.30. The van der Waals surface area contributed by atoms with Gasteiger partial charge in [0.1, 0.15) is 0 Å². The first-order chi connectivity index (χ1) is 6.36. The first-order valence-electron chi connectivity index (χ1n) is 4.00. The summed E-state index contributed by atoms with van der Waals surface area (Å²) in [7, 11) is 0. The van der Waals surface area contributed by atoms with Crippen LogP contribution in [0.2, 0.25) is 0 Å². The maximum atomic E-state index is 5.30. The summed E-state index contributed by atoms with van der Waals surface area (Å²) in [5, 5.41) is 2.33. The number of hydrogen-bond donors (Lipinski definition) is 1. The predicted octanol–water partition coefficient (Wildman–Crippen LogP) is 3.32. The molecule has 1 heterocycles. The van der Waals surface area contributed by atoms with E-state index in [2.05, 4.69) is 27.5 Å². The largest absolute Gasteiger partial charge is 0.381 e. The molecule has 0 aliphatic carbocycles. The molecule has 2 aromatic carbocycles. The first kappa shape index (κ1) is 7.21. The number of hydrogen-bond acceptors (Lipinski definition) is 2. The molecule has 0 aromatic heterocycles. The van der Waals surface area contributed by atoms with E-state index < -0.39 is 0 Å². The minimum atomic E-state index is 0.897. The Balaban J connectivity index is 2.58. The second kappa shape index (κ2) is 2.39. The zero-order valence-electron chi connectivity index (χ0n) is 6.67. The maximum Gasteiger partial charge on any atom is 0.165 e. The molecule has 0 unspecified atom stereocenters. The third-order valence-corrected chi connectivity index (χ3v) is 2.91. The van der Waals surface area contributed by atoms with Crippen molar-refractivity contribution in [2.75, 3.05) is 5.48 Å². The van der Waals surface area contributed by atoms with Gasteiger partial charge in [-0.1, -0.05) is 28.1 Å². The standard InChI is InChI=1S/C10H6BrNO/c11-7-4-5-9-10-6(7)2-1-3-8(10)12-13-9/h1-5,12H. The predicted molar refractivity (Wildman–Crippen MR) is 55.9 cm³/mol. The number of benzene rings is 2. The van der Waals surface area contributed by atoms with Crippen LogP contribution in [0.1, 0.15) is 0 Å². The molecule has 0 saturated heterocycles. The van der Waals surface area contributed by atoms with Gasteiger partial charge in [-0.15, -0.1) is 0 Å². The van der Waals surface area contributed by atoms with Crippen LogP contribution in [0, 0.1) is 0 Å². The zero-order chi connectivity index (χ0) is 8.84. The summed E-state index contributed by atoms with van der Waals surface area (Å²) in [5.41, 5.74) is 3.92. The summed E-state index contributed by atoms with van der Waals surface area (Å²) < 4.78 is 1.10. The first-order valence-corrected chi connectivity index (χ1v) is 4.79. The Morgan fingerprint density at radius 3 is 3.00 bits per heavy atom. The number of anilines is 1. The minimum absolute atomic E-state index is 0.897. The molecule has 0 spiro atoms. The molecular weight excluding hydrogens is 230 g/mol. The van der Waals surface area contributed by atoms with Crippen LogP contribution in [0.15, 0.2) is 34.8 Å². The van der Waals surface area contributed by atoms with Gasteiger partial charge in [0.25, 0.3) is 0 Å². The van der Waals surface area contributed by atoms with Gasteiger partial charge in [-0.05, 0) is 18.2 Å². The molecule has 0 fully saturated rings. The van der Waals surface area contributed by atoms with Crippen LogP contribution in [0.5, 0.6) is 5.75 Å². The molecule has 0 amide bonds. The lowest BCUT2D eigenvalue weighted by Crippen LogP contribution is -1.95. The molecule has 1 N–H and O–H groups in total. The lowest BCUT2D eigenvalue weighted by Gasteiger charge is -1.98. The van der Waals surface area contributed by atoms with E-state index in [1.165, 1.54) is 5.39 Å². The highest BCUT2D eigenvalue weighted by Gasteiger charge is 2.15. The average Bonchev–Trinajstić information content (AvgIpc) is 2.57. The summed E-state index contributed by atoms with van der Waals surface area (Å²) in [5.74, 6) is 0.897. The molecule has 0 radical (unpaired) electrons. The quantitative estimate of drug-likeness (QED) is 0.757. The fraction of sp³-hybridized carbons (Fsp3) is 0. The lowest BCUT2D eigenvalue weighted by molar-refractivity contribution is 0.423. The smallest absolute Gasteiger partial charge is 0.165 e. The van der Waals surface area contributed by atoms with Gasteiger partial charge in [0, 0.05) is 9.86 Å². The lowest BCUT2D eigenvalue weighted by atomic mass is 10.1. The van der Waals surface area contributed by atoms with Crippen molar-refractivity contribution in [1.29, 1.82) is 0 Å². The molecule has 2 nitrogen and oxygen atoms in total. The molecule has 3 heteroatoms. The molecule has 64 valence electrons. The van der Waals surface area contributed by atoms with Gasteiger partial charge >= 0.3 is 0 Å². The summed E-state index contributed by atoms with van der Waals surface area (Å²) in [6.45, 7) is 0. The Bertz CT molecular complexity index is 485. The summed E-state index contributed by atoms with van der Waals surface area (Å²) in [6, 6.07) is 10.0. The van der Waals surface area contributed by atoms with Crippen molar-refractivity contribution in [3.8, 4) is 5.75 Å². The van der Waals surface area contributed by atoms with E-state index in [0.717, 1.165) is 21.3 Å². The number of rotatable bonds is 0. The van der Waals surface area contributed by atoms with E-state index >= 15 is 0 Å². The van der Waals surface area contributed by atoms with Crippen molar-refractivity contribution < 1.29 is 4.84 Å². The Labute approximate surface area is 83.6 Å². The van der Waals surface area contributed by atoms with Crippen LogP contribution in [-0.2, 0) is 0 Å². The van der Waals surface area contributed by atoms with E-state index in [1.54, 1.807) is 0 Å². The highest BCUT2D eigenvalue weighted by atomic mass is 79.9. The van der Waals surface area contributed by atoms with Gasteiger partial charge in [-0.2, -0.15) is 0 Å². The van der Waals surface area contributed by atoms with Crippen molar-refractivity contribution in [2.45, 2.75) is 0 Å². The van der Waals surface area contributed by atoms with Gasteiger partial charge in [-0.25, -0.2) is 5.48 Å². The molecule has 3 rings (SSSR count). The number of halogens is 1. The van der Waals surface area contributed by atoms with E-state index in [1.807, 2.05) is 24.3 Å². The second-order valence-electron chi connectivity index (χ2n) is 2.98. The number of nitrogens with one attached hydrogen (secondary N) is 1. The monoisotopic (exact) mass is 235 g/mol. The normalized spacial score (nSPS) is 12.7. The topological polar surface area (TPSA) is 21.3 Å². The molecular formula is C10H6BrNO. The third-order valence-electron chi connectivity index (χ3n) is 2.22. The van der Waals surface area contributed by atoms with Crippen molar-refractivity contribution in [3.05, 3.63) is 34.8 Å². The van der Waals surface area contributed by atoms with Gasteiger partial charge in [0.05, 0.1) is 11.1 Å². The summed E-state index contributed by atoms with van der Waals surface area (Å²) in [6.07, 6.45) is 0. The van der Waals surface area contributed by atoms with E-state index in [0.29, 0.717) is 0 Å². The van der Waals surface area contributed by atoms with Crippen LogP contribution in [0.3, 0.4) is 0 Å². The third kappa shape index (κ3) is 0.877. The zero-order valence-corrected chi connectivity index (χ0v) is 8.26. The summed E-state index contributed by atoms with van der Waals surface area (Å²) >= 11 is 3.51. The van der Waals surface area contributed by atoms with E-state index in [4.69, 9.17) is 4.84 Å². The fourth-order valence-electron chi connectivity index (χ4n) is 1.62. The molecule has 1 aliphatic heterocycles. The SMILES string of the molecule is Brc1ccc2c3c(cccc13)NO2. The van der Waals surface area contributed by atoms with Crippen LogP contribution in [0.4, 0.5) is 5.69 Å². The van der Waals surface area contributed by atoms with Crippen LogP contribution < -0.4 is 10.3 Å². The fourth-order valence-corrected chi connectivity index (χ4v) is 2.08. The van der Waals surface area contributed by atoms with Crippen LogP contribution in [0.25, 0.3) is 10.8 Å².